The zero-order valence-electron chi connectivity index (χ0n) is 13.1. The molecule has 0 bridgehead atoms. The Labute approximate surface area is 145 Å². The Morgan fingerprint density at radius 2 is 2.00 bits per heavy atom. The minimum atomic E-state index is -0.213. The van der Waals surface area contributed by atoms with E-state index < -0.39 is 0 Å². The summed E-state index contributed by atoms with van der Waals surface area (Å²) in [7, 11) is 0. The lowest BCUT2D eigenvalue weighted by Gasteiger charge is -2.32. The summed E-state index contributed by atoms with van der Waals surface area (Å²) < 4.78 is 0. The van der Waals surface area contributed by atoms with Gasteiger partial charge in [0.2, 0.25) is 5.91 Å². The van der Waals surface area contributed by atoms with Crippen LogP contribution in [0.1, 0.15) is 23.2 Å². The van der Waals surface area contributed by atoms with Gasteiger partial charge in [0.25, 0.3) is 5.91 Å². The number of aromatic nitrogens is 1. The summed E-state index contributed by atoms with van der Waals surface area (Å²) >= 11 is 5.86. The minimum absolute atomic E-state index is 0.0643. The summed E-state index contributed by atoms with van der Waals surface area (Å²) in [6.07, 6.45) is 4.85. The van der Waals surface area contributed by atoms with E-state index in [4.69, 9.17) is 11.6 Å². The van der Waals surface area contributed by atoms with E-state index >= 15 is 0 Å². The highest BCUT2D eigenvalue weighted by Gasteiger charge is 2.29. The van der Waals surface area contributed by atoms with Crippen molar-refractivity contribution in [2.75, 3.05) is 18.4 Å². The van der Waals surface area contributed by atoms with Gasteiger partial charge < -0.3 is 10.2 Å². The van der Waals surface area contributed by atoms with Crippen LogP contribution in [0.4, 0.5) is 5.69 Å². The van der Waals surface area contributed by atoms with Gasteiger partial charge in [-0.05, 0) is 49.2 Å². The number of carbonyl (C=O) groups is 2. The van der Waals surface area contributed by atoms with E-state index in [1.54, 1.807) is 53.7 Å². The molecular weight excluding hydrogens is 326 g/mol. The predicted octanol–water partition coefficient (Wildman–Crippen LogP) is 3.23. The molecule has 1 atom stereocenters. The van der Waals surface area contributed by atoms with E-state index in [1.165, 1.54) is 0 Å². The van der Waals surface area contributed by atoms with Crippen LogP contribution in [-0.2, 0) is 4.79 Å². The second-order valence-corrected chi connectivity index (χ2v) is 6.26. The number of hydrogen-bond donors (Lipinski definition) is 1. The summed E-state index contributed by atoms with van der Waals surface area (Å²) in [6, 6.07) is 10.4. The van der Waals surface area contributed by atoms with Crippen LogP contribution in [-0.4, -0.2) is 34.8 Å². The number of piperidine rings is 1. The highest BCUT2D eigenvalue weighted by atomic mass is 35.5. The number of anilines is 1. The predicted molar refractivity (Wildman–Crippen MR) is 92.9 cm³/mol. The molecule has 24 heavy (non-hydrogen) atoms. The number of carbonyl (C=O) groups excluding carboxylic acids is 2. The summed E-state index contributed by atoms with van der Waals surface area (Å²) in [5.74, 6) is -0.350. The van der Waals surface area contributed by atoms with Crippen molar-refractivity contribution in [1.82, 2.24) is 9.88 Å². The number of benzene rings is 1. The van der Waals surface area contributed by atoms with E-state index in [0.29, 0.717) is 29.4 Å². The number of nitrogens with one attached hydrogen (secondary N) is 1. The number of likely N-dealkylation sites (tertiary alicyclic amines) is 1. The third-order valence-corrected chi connectivity index (χ3v) is 4.35. The van der Waals surface area contributed by atoms with Gasteiger partial charge >= 0.3 is 0 Å². The SMILES string of the molecule is O=C(Nc1cccnc1)C1CCCN(C(=O)c2ccc(Cl)cc2)C1. The molecule has 0 aliphatic carbocycles. The minimum Gasteiger partial charge on any atom is -0.338 e. The molecule has 2 heterocycles. The molecule has 3 rings (SSSR count). The topological polar surface area (TPSA) is 62.3 Å². The average Bonchev–Trinajstić information content (AvgIpc) is 2.63. The van der Waals surface area contributed by atoms with Gasteiger partial charge in [-0.15, -0.1) is 0 Å². The van der Waals surface area contributed by atoms with E-state index in [1.807, 2.05) is 0 Å². The van der Waals surface area contributed by atoms with Crippen molar-refractivity contribution in [1.29, 1.82) is 0 Å². The Morgan fingerprint density at radius 3 is 2.71 bits per heavy atom. The average molecular weight is 344 g/mol. The van der Waals surface area contributed by atoms with Crippen molar-refractivity contribution in [3.8, 4) is 0 Å². The first-order valence-electron chi connectivity index (χ1n) is 7.89. The van der Waals surface area contributed by atoms with Crippen LogP contribution in [0.5, 0.6) is 0 Å². The molecule has 1 aliphatic rings. The van der Waals surface area contributed by atoms with Crippen LogP contribution in [0.2, 0.25) is 5.02 Å². The van der Waals surface area contributed by atoms with Crippen LogP contribution in [0.25, 0.3) is 0 Å². The molecule has 1 unspecified atom stereocenters. The number of hydrogen-bond acceptors (Lipinski definition) is 3. The molecule has 1 N–H and O–H groups in total. The first kappa shape index (κ1) is 16.5. The van der Waals surface area contributed by atoms with Crippen molar-refractivity contribution >= 4 is 29.1 Å². The second-order valence-electron chi connectivity index (χ2n) is 5.83. The van der Waals surface area contributed by atoms with Crippen LogP contribution >= 0.6 is 11.6 Å². The van der Waals surface area contributed by atoms with Gasteiger partial charge in [0, 0.05) is 29.9 Å². The number of nitrogens with zero attached hydrogens (tertiary/aromatic N) is 2. The highest BCUT2D eigenvalue weighted by molar-refractivity contribution is 6.30. The summed E-state index contributed by atoms with van der Waals surface area (Å²) in [5, 5.41) is 3.46. The van der Waals surface area contributed by atoms with Crippen molar-refractivity contribution in [2.45, 2.75) is 12.8 Å². The van der Waals surface area contributed by atoms with Crippen molar-refractivity contribution in [2.24, 2.45) is 5.92 Å². The van der Waals surface area contributed by atoms with E-state index in [2.05, 4.69) is 10.3 Å². The molecule has 0 radical (unpaired) electrons. The van der Waals surface area contributed by atoms with Gasteiger partial charge in [-0.3, -0.25) is 14.6 Å². The van der Waals surface area contributed by atoms with Crippen molar-refractivity contribution < 1.29 is 9.59 Å². The maximum Gasteiger partial charge on any atom is 0.253 e. The monoisotopic (exact) mass is 343 g/mol. The van der Waals surface area contributed by atoms with E-state index in [-0.39, 0.29) is 17.7 Å². The standard InChI is InChI=1S/C18H18ClN3O2/c19-15-7-5-13(6-8-15)18(24)22-10-2-3-14(12-22)17(23)21-16-4-1-9-20-11-16/h1,4-9,11,14H,2-3,10,12H2,(H,21,23). The smallest absolute Gasteiger partial charge is 0.253 e. The third kappa shape index (κ3) is 3.92. The summed E-state index contributed by atoms with van der Waals surface area (Å²) in [4.78, 5) is 30.7. The van der Waals surface area contributed by atoms with Gasteiger partial charge in [-0.25, -0.2) is 0 Å². The zero-order chi connectivity index (χ0) is 16.9. The molecule has 2 amide bonds. The largest absolute Gasteiger partial charge is 0.338 e. The fourth-order valence-corrected chi connectivity index (χ4v) is 2.96. The highest BCUT2D eigenvalue weighted by Crippen LogP contribution is 2.21. The molecule has 6 heteroatoms. The molecule has 0 spiro atoms. The Morgan fingerprint density at radius 1 is 1.21 bits per heavy atom. The lowest BCUT2D eigenvalue weighted by molar-refractivity contribution is -0.121. The third-order valence-electron chi connectivity index (χ3n) is 4.10. The lowest BCUT2D eigenvalue weighted by atomic mass is 9.96. The van der Waals surface area contributed by atoms with E-state index in [0.717, 1.165) is 12.8 Å². The molecule has 1 aromatic carbocycles. The van der Waals surface area contributed by atoms with Crippen LogP contribution < -0.4 is 5.32 Å². The molecule has 1 aliphatic heterocycles. The Balaban J connectivity index is 1.64. The van der Waals surface area contributed by atoms with Gasteiger partial charge in [-0.1, -0.05) is 11.6 Å². The molecule has 1 saturated heterocycles. The quantitative estimate of drug-likeness (QED) is 0.930. The normalized spacial score (nSPS) is 17.4. The summed E-state index contributed by atoms with van der Waals surface area (Å²) in [6.45, 7) is 1.09. The number of amides is 2. The molecule has 1 aromatic heterocycles. The molecule has 1 fully saturated rings. The number of rotatable bonds is 3. The zero-order valence-corrected chi connectivity index (χ0v) is 13.9. The molecule has 5 nitrogen and oxygen atoms in total. The number of pyridine rings is 1. The number of halogens is 1. The maximum absolute atomic E-state index is 12.6. The van der Waals surface area contributed by atoms with Gasteiger partial charge in [0.05, 0.1) is 17.8 Å². The Kier molecular flexibility index (Phi) is 5.11. The fraction of sp³-hybridized carbons (Fsp3) is 0.278. The maximum atomic E-state index is 12.6. The van der Waals surface area contributed by atoms with Gasteiger partial charge in [-0.2, -0.15) is 0 Å². The first-order valence-corrected chi connectivity index (χ1v) is 8.27. The lowest BCUT2D eigenvalue weighted by Crippen LogP contribution is -2.43. The summed E-state index contributed by atoms with van der Waals surface area (Å²) in [5.41, 5.74) is 1.26. The van der Waals surface area contributed by atoms with Crippen LogP contribution in [0, 0.1) is 5.92 Å². The first-order chi connectivity index (χ1) is 11.6. The van der Waals surface area contributed by atoms with E-state index in [9.17, 15) is 9.59 Å². The molecule has 0 saturated carbocycles. The molecular formula is C18H18ClN3O2. The van der Waals surface area contributed by atoms with Crippen LogP contribution in [0.3, 0.4) is 0 Å². The fourth-order valence-electron chi connectivity index (χ4n) is 2.83. The molecule has 124 valence electrons. The van der Waals surface area contributed by atoms with Gasteiger partial charge in [0.1, 0.15) is 0 Å². The van der Waals surface area contributed by atoms with Crippen molar-refractivity contribution in [3.05, 3.63) is 59.4 Å². The van der Waals surface area contributed by atoms with Crippen molar-refractivity contribution in [3.63, 3.8) is 0 Å². The Bertz CT molecular complexity index is 719. The Hall–Kier alpha value is -2.40. The second kappa shape index (κ2) is 7.45. The molecule has 2 aromatic rings. The van der Waals surface area contributed by atoms with Crippen LogP contribution in [0.15, 0.2) is 48.8 Å². The van der Waals surface area contributed by atoms with Gasteiger partial charge in [0.15, 0.2) is 0 Å².